The molecule has 0 aliphatic rings. The van der Waals surface area contributed by atoms with Crippen molar-refractivity contribution in [3.63, 3.8) is 0 Å². The number of rotatable bonds is 43. The molecule has 0 rings (SSSR count). The van der Waals surface area contributed by atoms with Gasteiger partial charge in [-0.1, -0.05) is 194 Å². The molecule has 7 nitrogen and oxygen atoms in total. The molecule has 0 aromatic rings. The number of esters is 1. The maximum absolute atomic E-state index is 12.8. The van der Waals surface area contributed by atoms with Crippen LogP contribution in [0.4, 0.5) is 0 Å². The summed E-state index contributed by atoms with van der Waals surface area (Å²) in [5, 5.41) is 12.0. The lowest BCUT2D eigenvalue weighted by atomic mass is 10.0. The monoisotopic (exact) mass is 751 g/mol. The zero-order valence-corrected chi connectivity index (χ0v) is 35.4. The van der Waals surface area contributed by atoms with Crippen LogP contribution in [-0.4, -0.2) is 41.6 Å². The maximum Gasteiger partial charge on any atom is 0.326 e. The number of nitrogens with two attached hydrogens (primary N) is 1. The summed E-state index contributed by atoms with van der Waals surface area (Å²) in [5.74, 6) is -1.21. The van der Waals surface area contributed by atoms with Gasteiger partial charge in [0.2, 0.25) is 5.91 Å². The van der Waals surface area contributed by atoms with Crippen LogP contribution in [0.1, 0.15) is 258 Å². The van der Waals surface area contributed by atoms with E-state index in [0.29, 0.717) is 32.2 Å². The van der Waals surface area contributed by atoms with E-state index in [1.54, 1.807) is 0 Å². The predicted octanol–water partition coefficient (Wildman–Crippen LogP) is 13.3. The summed E-state index contributed by atoms with van der Waals surface area (Å²) in [4.78, 5) is 36.4. The van der Waals surface area contributed by atoms with Crippen LogP contribution in [0.3, 0.4) is 0 Å². The number of carbonyl (C=O) groups excluding carboxylic acids is 2. The van der Waals surface area contributed by atoms with Crippen LogP contribution in [0.2, 0.25) is 0 Å². The van der Waals surface area contributed by atoms with Gasteiger partial charge in [0.25, 0.3) is 0 Å². The van der Waals surface area contributed by atoms with Crippen LogP contribution < -0.4 is 11.1 Å². The third-order valence-corrected chi connectivity index (χ3v) is 10.9. The van der Waals surface area contributed by atoms with Crippen LogP contribution in [0, 0.1) is 0 Å². The molecule has 0 saturated heterocycles. The Labute approximate surface area is 328 Å². The average Bonchev–Trinajstić information content (AvgIpc) is 3.14. The number of carboxylic acid groups (broad SMARTS) is 1. The Kier molecular flexibility index (Phi) is 40.3. The van der Waals surface area contributed by atoms with Crippen LogP contribution in [0.15, 0.2) is 0 Å². The summed E-state index contributed by atoms with van der Waals surface area (Å²) in [6.45, 7) is 4.97. The van der Waals surface area contributed by atoms with E-state index in [0.717, 1.165) is 64.2 Å². The van der Waals surface area contributed by atoms with Crippen molar-refractivity contribution in [2.45, 2.75) is 270 Å². The topological polar surface area (TPSA) is 119 Å². The van der Waals surface area contributed by atoms with Crippen molar-refractivity contribution in [3.05, 3.63) is 0 Å². The minimum atomic E-state index is -1.000. The third kappa shape index (κ3) is 38.4. The first kappa shape index (κ1) is 51.4. The van der Waals surface area contributed by atoms with Gasteiger partial charge >= 0.3 is 11.9 Å². The van der Waals surface area contributed by atoms with E-state index >= 15 is 0 Å². The quantitative estimate of drug-likeness (QED) is 0.0422. The number of nitrogens with one attached hydrogen (secondary N) is 1. The standard InChI is InChI=1S/C46H90N2O5/c1-3-5-7-9-11-13-15-17-19-21-23-25-30-34-40-45(50)53-42(36-31-27-24-22-20-18-16-14-12-10-8-6-4-2)37-32-28-26-29-33-39-44(49)48-43(46(51)52)38-35-41-47/h42-43H,3-41,47H2,1-2H3,(H,48,49)(H,51,52). The highest BCUT2D eigenvalue weighted by Gasteiger charge is 2.19. The highest BCUT2D eigenvalue weighted by Crippen LogP contribution is 2.19. The van der Waals surface area contributed by atoms with Crippen LogP contribution >= 0.6 is 0 Å². The number of unbranched alkanes of at least 4 members (excludes halogenated alkanes) is 29. The van der Waals surface area contributed by atoms with Gasteiger partial charge in [0, 0.05) is 12.8 Å². The SMILES string of the molecule is CCCCCCCCCCCCCCCCC(=O)OC(CCCCCCCCCCCCCCC)CCCCCCCC(=O)NC(CCCN)C(=O)O. The fraction of sp³-hybridized carbons (Fsp3) is 0.935. The first-order chi connectivity index (χ1) is 25.9. The van der Waals surface area contributed by atoms with Gasteiger partial charge in [0.05, 0.1) is 0 Å². The van der Waals surface area contributed by atoms with Crippen molar-refractivity contribution in [2.24, 2.45) is 5.73 Å². The van der Waals surface area contributed by atoms with E-state index in [1.807, 2.05) is 0 Å². The zero-order valence-electron chi connectivity index (χ0n) is 35.4. The summed E-state index contributed by atoms with van der Waals surface area (Å²) in [6.07, 6.45) is 44.3. The Hall–Kier alpha value is -1.63. The lowest BCUT2D eigenvalue weighted by Gasteiger charge is -2.18. The molecule has 0 aromatic carbocycles. The van der Waals surface area contributed by atoms with E-state index in [1.165, 1.54) is 154 Å². The van der Waals surface area contributed by atoms with Gasteiger partial charge in [-0.2, -0.15) is 0 Å². The number of carbonyl (C=O) groups is 3. The maximum atomic E-state index is 12.8. The summed E-state index contributed by atoms with van der Waals surface area (Å²) in [6, 6.07) is -0.852. The molecule has 4 N–H and O–H groups in total. The number of hydrogen-bond acceptors (Lipinski definition) is 5. The molecule has 1 amide bonds. The number of ether oxygens (including phenoxy) is 1. The zero-order chi connectivity index (χ0) is 38.9. The van der Waals surface area contributed by atoms with Gasteiger partial charge in [-0.25, -0.2) is 4.79 Å². The summed E-state index contributed by atoms with van der Waals surface area (Å²) >= 11 is 0. The minimum absolute atomic E-state index is 0.0132. The summed E-state index contributed by atoms with van der Waals surface area (Å²) in [7, 11) is 0. The Balaban J connectivity index is 4.27. The largest absolute Gasteiger partial charge is 0.480 e. The molecule has 2 atom stereocenters. The number of carboxylic acids is 1. The second-order valence-electron chi connectivity index (χ2n) is 16.2. The predicted molar refractivity (Wildman–Crippen MR) is 225 cm³/mol. The highest BCUT2D eigenvalue weighted by atomic mass is 16.5. The number of hydrogen-bond donors (Lipinski definition) is 3. The smallest absolute Gasteiger partial charge is 0.326 e. The van der Waals surface area contributed by atoms with E-state index in [2.05, 4.69) is 19.2 Å². The average molecular weight is 751 g/mol. The molecule has 0 spiro atoms. The second-order valence-corrected chi connectivity index (χ2v) is 16.2. The van der Waals surface area contributed by atoms with Crippen molar-refractivity contribution in [3.8, 4) is 0 Å². The van der Waals surface area contributed by atoms with Gasteiger partial charge in [-0.15, -0.1) is 0 Å². The molecule has 0 saturated carbocycles. The Morgan fingerprint density at radius 1 is 0.472 bits per heavy atom. The second kappa shape index (κ2) is 41.5. The Bertz CT molecular complexity index is 807. The molecule has 0 aromatic heterocycles. The van der Waals surface area contributed by atoms with Gasteiger partial charge in [-0.3, -0.25) is 9.59 Å². The van der Waals surface area contributed by atoms with Crippen LogP contribution in [0.5, 0.6) is 0 Å². The molecular formula is C46H90N2O5. The molecule has 0 fully saturated rings. The summed E-state index contributed by atoms with van der Waals surface area (Å²) in [5.41, 5.74) is 5.49. The molecular weight excluding hydrogens is 661 g/mol. The van der Waals surface area contributed by atoms with E-state index < -0.39 is 12.0 Å². The van der Waals surface area contributed by atoms with Gasteiger partial charge in [-0.05, 0) is 57.9 Å². The molecule has 0 aliphatic heterocycles. The van der Waals surface area contributed by atoms with Gasteiger partial charge in [0.1, 0.15) is 12.1 Å². The number of amides is 1. The van der Waals surface area contributed by atoms with E-state index in [4.69, 9.17) is 10.5 Å². The Morgan fingerprint density at radius 3 is 1.17 bits per heavy atom. The van der Waals surface area contributed by atoms with Crippen LogP contribution in [-0.2, 0) is 19.1 Å². The Morgan fingerprint density at radius 2 is 0.811 bits per heavy atom. The lowest BCUT2D eigenvalue weighted by molar-refractivity contribution is -0.150. The molecule has 53 heavy (non-hydrogen) atoms. The molecule has 314 valence electrons. The third-order valence-electron chi connectivity index (χ3n) is 10.9. The normalized spacial score (nSPS) is 12.5. The van der Waals surface area contributed by atoms with Crippen molar-refractivity contribution < 1.29 is 24.2 Å². The van der Waals surface area contributed by atoms with Crippen molar-refractivity contribution in [1.82, 2.24) is 5.32 Å². The number of aliphatic carboxylic acids is 1. The lowest BCUT2D eigenvalue weighted by Crippen LogP contribution is -2.40. The molecule has 0 aliphatic carbocycles. The molecule has 2 unspecified atom stereocenters. The van der Waals surface area contributed by atoms with Crippen molar-refractivity contribution >= 4 is 17.8 Å². The van der Waals surface area contributed by atoms with E-state index in [9.17, 15) is 19.5 Å². The molecule has 0 heterocycles. The minimum Gasteiger partial charge on any atom is -0.480 e. The fourth-order valence-electron chi connectivity index (χ4n) is 7.39. The van der Waals surface area contributed by atoms with Gasteiger partial charge < -0.3 is 20.9 Å². The fourth-order valence-corrected chi connectivity index (χ4v) is 7.39. The first-order valence-electron chi connectivity index (χ1n) is 23.4. The summed E-state index contributed by atoms with van der Waals surface area (Å²) < 4.78 is 6.07. The van der Waals surface area contributed by atoms with E-state index in [-0.39, 0.29) is 18.0 Å². The van der Waals surface area contributed by atoms with Crippen molar-refractivity contribution in [1.29, 1.82) is 0 Å². The van der Waals surface area contributed by atoms with Crippen LogP contribution in [0.25, 0.3) is 0 Å². The molecule has 0 radical (unpaired) electrons. The van der Waals surface area contributed by atoms with Gasteiger partial charge in [0.15, 0.2) is 0 Å². The molecule has 7 heteroatoms. The highest BCUT2D eigenvalue weighted by molar-refractivity contribution is 5.83. The van der Waals surface area contributed by atoms with Crippen molar-refractivity contribution in [2.75, 3.05) is 6.54 Å². The first-order valence-corrected chi connectivity index (χ1v) is 23.4. The molecule has 0 bridgehead atoms.